The standard InChI is InChI=1S/C17H21NO2/c1-12-7-13(2)17(14(3)8-12)16(19)10-18(4)9-15-5-6-20-11-15/h5-8,11H,9-10H2,1-4H3. The summed E-state index contributed by atoms with van der Waals surface area (Å²) in [5.41, 5.74) is 5.25. The number of carbonyl (C=O) groups is 1. The summed E-state index contributed by atoms with van der Waals surface area (Å²) >= 11 is 0. The molecular weight excluding hydrogens is 250 g/mol. The molecule has 0 radical (unpaired) electrons. The molecule has 20 heavy (non-hydrogen) atoms. The number of benzene rings is 1. The third-order valence-electron chi connectivity index (χ3n) is 3.40. The lowest BCUT2D eigenvalue weighted by Crippen LogP contribution is -2.26. The Morgan fingerprint density at radius 1 is 1.20 bits per heavy atom. The van der Waals surface area contributed by atoms with Crippen molar-refractivity contribution in [1.29, 1.82) is 0 Å². The molecule has 0 bridgehead atoms. The van der Waals surface area contributed by atoms with Gasteiger partial charge in [0.05, 0.1) is 19.1 Å². The van der Waals surface area contributed by atoms with E-state index < -0.39 is 0 Å². The van der Waals surface area contributed by atoms with Gasteiger partial charge in [-0.1, -0.05) is 17.7 Å². The van der Waals surface area contributed by atoms with E-state index in [0.717, 1.165) is 22.3 Å². The van der Waals surface area contributed by atoms with Gasteiger partial charge in [-0.15, -0.1) is 0 Å². The third kappa shape index (κ3) is 3.36. The Kier molecular flexibility index (Phi) is 4.40. The zero-order valence-corrected chi connectivity index (χ0v) is 12.6. The first-order valence-electron chi connectivity index (χ1n) is 6.78. The molecule has 1 aromatic carbocycles. The van der Waals surface area contributed by atoms with Crippen LogP contribution in [0.3, 0.4) is 0 Å². The van der Waals surface area contributed by atoms with E-state index in [9.17, 15) is 4.79 Å². The number of furan rings is 1. The maximum atomic E-state index is 12.5. The summed E-state index contributed by atoms with van der Waals surface area (Å²) in [6.07, 6.45) is 3.36. The van der Waals surface area contributed by atoms with Gasteiger partial charge >= 0.3 is 0 Å². The molecule has 0 fully saturated rings. The van der Waals surface area contributed by atoms with Gasteiger partial charge in [-0.25, -0.2) is 0 Å². The Balaban J connectivity index is 2.08. The molecule has 0 spiro atoms. The van der Waals surface area contributed by atoms with E-state index in [1.54, 1.807) is 12.5 Å². The minimum atomic E-state index is 0.172. The average molecular weight is 271 g/mol. The highest BCUT2D eigenvalue weighted by Crippen LogP contribution is 2.17. The van der Waals surface area contributed by atoms with Crippen molar-refractivity contribution in [2.45, 2.75) is 27.3 Å². The van der Waals surface area contributed by atoms with Crippen molar-refractivity contribution in [3.8, 4) is 0 Å². The Labute approximate surface area is 120 Å². The van der Waals surface area contributed by atoms with E-state index in [0.29, 0.717) is 13.1 Å². The topological polar surface area (TPSA) is 33.5 Å². The molecule has 1 heterocycles. The number of Topliss-reactive ketones (excluding diaryl/α,β-unsaturated/α-hetero) is 1. The molecular formula is C17H21NO2. The molecule has 3 heteroatoms. The minimum absolute atomic E-state index is 0.172. The molecule has 0 aliphatic heterocycles. The zero-order chi connectivity index (χ0) is 14.7. The fourth-order valence-corrected chi connectivity index (χ4v) is 2.69. The van der Waals surface area contributed by atoms with Gasteiger partial charge in [-0.3, -0.25) is 9.69 Å². The quantitative estimate of drug-likeness (QED) is 0.780. The zero-order valence-electron chi connectivity index (χ0n) is 12.6. The first-order valence-corrected chi connectivity index (χ1v) is 6.78. The molecule has 2 rings (SSSR count). The van der Waals surface area contributed by atoms with E-state index >= 15 is 0 Å². The number of hydrogen-bond donors (Lipinski definition) is 0. The van der Waals surface area contributed by atoms with Crippen LogP contribution in [0.5, 0.6) is 0 Å². The molecule has 2 aromatic rings. The summed E-state index contributed by atoms with van der Waals surface area (Å²) in [7, 11) is 1.95. The number of carbonyl (C=O) groups excluding carboxylic acids is 1. The smallest absolute Gasteiger partial charge is 0.177 e. The van der Waals surface area contributed by atoms with Crippen LogP contribution in [0.1, 0.15) is 32.6 Å². The maximum Gasteiger partial charge on any atom is 0.177 e. The lowest BCUT2D eigenvalue weighted by atomic mass is 9.96. The minimum Gasteiger partial charge on any atom is -0.472 e. The average Bonchev–Trinajstić information content (AvgIpc) is 2.79. The van der Waals surface area contributed by atoms with Crippen LogP contribution < -0.4 is 0 Å². The van der Waals surface area contributed by atoms with E-state index in [-0.39, 0.29) is 5.78 Å². The summed E-state index contributed by atoms with van der Waals surface area (Å²) in [6, 6.07) is 6.05. The first-order chi connectivity index (χ1) is 9.47. The van der Waals surface area contributed by atoms with Crippen molar-refractivity contribution in [3.63, 3.8) is 0 Å². The van der Waals surface area contributed by atoms with Gasteiger partial charge in [0.1, 0.15) is 0 Å². The van der Waals surface area contributed by atoms with Crippen LogP contribution in [-0.4, -0.2) is 24.3 Å². The van der Waals surface area contributed by atoms with Crippen LogP contribution >= 0.6 is 0 Å². The molecule has 0 amide bonds. The van der Waals surface area contributed by atoms with Crippen molar-refractivity contribution in [3.05, 3.63) is 58.5 Å². The Morgan fingerprint density at radius 2 is 1.85 bits per heavy atom. The van der Waals surface area contributed by atoms with Gasteiger partial charge < -0.3 is 4.42 Å². The molecule has 0 saturated heterocycles. The summed E-state index contributed by atoms with van der Waals surface area (Å²) in [5.74, 6) is 0.172. The molecule has 0 unspecified atom stereocenters. The second-order valence-electron chi connectivity index (χ2n) is 5.50. The molecule has 0 atom stereocenters. The fraction of sp³-hybridized carbons (Fsp3) is 0.353. The van der Waals surface area contributed by atoms with E-state index in [2.05, 4.69) is 19.1 Å². The highest BCUT2D eigenvalue weighted by Gasteiger charge is 2.15. The van der Waals surface area contributed by atoms with Crippen molar-refractivity contribution >= 4 is 5.78 Å². The molecule has 1 aromatic heterocycles. The molecule has 0 aliphatic carbocycles. The van der Waals surface area contributed by atoms with Crippen LogP contribution in [0.15, 0.2) is 35.1 Å². The van der Waals surface area contributed by atoms with Gasteiger partial charge in [0.2, 0.25) is 0 Å². The fourth-order valence-electron chi connectivity index (χ4n) is 2.69. The monoisotopic (exact) mass is 271 g/mol. The number of nitrogens with zero attached hydrogens (tertiary/aromatic N) is 1. The van der Waals surface area contributed by atoms with Crippen molar-refractivity contribution < 1.29 is 9.21 Å². The van der Waals surface area contributed by atoms with Crippen molar-refractivity contribution in [2.75, 3.05) is 13.6 Å². The predicted octanol–water partition coefficient (Wildman–Crippen LogP) is 3.52. The summed E-state index contributed by atoms with van der Waals surface area (Å²) in [6.45, 7) is 7.19. The van der Waals surface area contributed by atoms with Gasteiger partial charge in [0, 0.05) is 17.7 Å². The van der Waals surface area contributed by atoms with Gasteiger partial charge in [-0.2, -0.15) is 0 Å². The molecule has 0 N–H and O–H groups in total. The Morgan fingerprint density at radius 3 is 2.40 bits per heavy atom. The van der Waals surface area contributed by atoms with Crippen molar-refractivity contribution in [1.82, 2.24) is 4.90 Å². The third-order valence-corrected chi connectivity index (χ3v) is 3.40. The SMILES string of the molecule is Cc1cc(C)c(C(=O)CN(C)Cc2ccoc2)c(C)c1. The lowest BCUT2D eigenvalue weighted by molar-refractivity contribution is 0.0941. The van der Waals surface area contributed by atoms with E-state index in [4.69, 9.17) is 4.42 Å². The number of rotatable bonds is 5. The van der Waals surface area contributed by atoms with Gasteiger partial charge in [0.25, 0.3) is 0 Å². The van der Waals surface area contributed by atoms with Crippen LogP contribution in [0.25, 0.3) is 0 Å². The number of ketones is 1. The van der Waals surface area contributed by atoms with Gasteiger partial charge in [-0.05, 0) is 45.0 Å². The lowest BCUT2D eigenvalue weighted by Gasteiger charge is -2.17. The van der Waals surface area contributed by atoms with Crippen molar-refractivity contribution in [2.24, 2.45) is 0 Å². The molecule has 106 valence electrons. The second-order valence-corrected chi connectivity index (χ2v) is 5.50. The summed E-state index contributed by atoms with van der Waals surface area (Å²) < 4.78 is 5.04. The Bertz CT molecular complexity index is 576. The highest BCUT2D eigenvalue weighted by molar-refractivity contribution is 6.00. The van der Waals surface area contributed by atoms with Crippen LogP contribution in [0.2, 0.25) is 0 Å². The van der Waals surface area contributed by atoms with E-state index in [1.807, 2.05) is 31.9 Å². The summed E-state index contributed by atoms with van der Waals surface area (Å²) in [5, 5.41) is 0. The maximum absolute atomic E-state index is 12.5. The molecule has 0 aliphatic rings. The number of hydrogen-bond acceptors (Lipinski definition) is 3. The number of likely N-dealkylation sites (N-methyl/N-ethyl adjacent to an activating group) is 1. The number of aryl methyl sites for hydroxylation is 3. The molecule has 0 saturated carbocycles. The highest BCUT2D eigenvalue weighted by atomic mass is 16.3. The Hall–Kier alpha value is -1.87. The van der Waals surface area contributed by atoms with Crippen LogP contribution in [-0.2, 0) is 6.54 Å². The van der Waals surface area contributed by atoms with Crippen LogP contribution in [0, 0.1) is 20.8 Å². The normalized spacial score (nSPS) is 11.1. The van der Waals surface area contributed by atoms with Crippen LogP contribution in [0.4, 0.5) is 0 Å². The van der Waals surface area contributed by atoms with E-state index in [1.165, 1.54) is 5.56 Å². The largest absolute Gasteiger partial charge is 0.472 e. The summed E-state index contributed by atoms with van der Waals surface area (Å²) in [4.78, 5) is 14.5. The van der Waals surface area contributed by atoms with Gasteiger partial charge in [0.15, 0.2) is 5.78 Å². The molecule has 3 nitrogen and oxygen atoms in total. The first kappa shape index (κ1) is 14.5. The predicted molar refractivity (Wildman–Crippen MR) is 80.0 cm³/mol. The second kappa shape index (κ2) is 6.06.